The molecule has 3 aliphatic heterocycles. The number of amides is 2. The van der Waals surface area contributed by atoms with Gasteiger partial charge in [-0.3, -0.25) is 9.59 Å². The molecule has 27 heavy (non-hydrogen) atoms. The molecule has 6 nitrogen and oxygen atoms in total. The van der Waals surface area contributed by atoms with Crippen LogP contribution in [0.25, 0.3) is 0 Å². The van der Waals surface area contributed by atoms with Crippen molar-refractivity contribution in [2.75, 3.05) is 26.2 Å². The van der Waals surface area contributed by atoms with Gasteiger partial charge in [-0.25, -0.2) is 8.78 Å². The minimum absolute atomic E-state index is 0.0724. The van der Waals surface area contributed by atoms with E-state index >= 15 is 0 Å². The molecule has 2 aliphatic carbocycles. The first-order valence-corrected chi connectivity index (χ1v) is 9.85. The average Bonchev–Trinajstić information content (AvgIpc) is 2.94. The minimum Gasteiger partial charge on any atom is -0.365 e. The number of halogens is 2. The first-order chi connectivity index (χ1) is 12.5. The van der Waals surface area contributed by atoms with Crippen molar-refractivity contribution in [1.29, 1.82) is 0 Å². The fourth-order valence-corrected chi connectivity index (χ4v) is 5.96. The SMILES string of the molecule is CC(=O)NCC12CC(C(=O)NCC3(C)CC(F)(F)C3)(C1)C1(CCNCC1)O2. The summed E-state index contributed by atoms with van der Waals surface area (Å²) in [5.74, 6) is -2.79. The molecule has 0 aromatic carbocycles. The third-order valence-corrected chi connectivity index (χ3v) is 7.08. The van der Waals surface area contributed by atoms with Gasteiger partial charge in [0.05, 0.1) is 16.6 Å². The summed E-state index contributed by atoms with van der Waals surface area (Å²) in [5.41, 5.74) is -2.15. The van der Waals surface area contributed by atoms with Gasteiger partial charge < -0.3 is 20.7 Å². The molecule has 0 radical (unpaired) electrons. The Labute approximate surface area is 158 Å². The highest BCUT2D eigenvalue weighted by Crippen LogP contribution is 2.69. The third-order valence-electron chi connectivity index (χ3n) is 7.08. The molecule has 2 amide bonds. The summed E-state index contributed by atoms with van der Waals surface area (Å²) in [7, 11) is 0. The second-order valence-electron chi connectivity index (χ2n) is 9.58. The molecule has 5 aliphatic rings. The Morgan fingerprint density at radius 3 is 2.22 bits per heavy atom. The summed E-state index contributed by atoms with van der Waals surface area (Å²) in [5, 5.41) is 9.12. The molecule has 5 fully saturated rings. The number of rotatable bonds is 5. The number of hydrogen-bond acceptors (Lipinski definition) is 4. The standard InChI is InChI=1S/C19H29F2N3O3/c1-13(25)23-12-16-9-17(10-16,18(27-16)3-5-22-6-4-18)14(26)24-11-15(2)7-19(20,21)8-15/h22H,3-12H2,1-2H3,(H,23,25)(H,24,26). The van der Waals surface area contributed by atoms with Crippen LogP contribution in [-0.4, -0.2) is 55.1 Å². The van der Waals surface area contributed by atoms with E-state index in [1.807, 2.05) is 0 Å². The van der Waals surface area contributed by atoms with Crippen LogP contribution in [0.15, 0.2) is 0 Å². The summed E-state index contributed by atoms with van der Waals surface area (Å²) < 4.78 is 33.0. The van der Waals surface area contributed by atoms with Crippen LogP contribution >= 0.6 is 0 Å². The van der Waals surface area contributed by atoms with Gasteiger partial charge in [0.25, 0.3) is 0 Å². The predicted molar refractivity (Wildman–Crippen MR) is 94.3 cm³/mol. The topological polar surface area (TPSA) is 79.5 Å². The zero-order valence-electron chi connectivity index (χ0n) is 16.1. The van der Waals surface area contributed by atoms with Gasteiger partial charge in [-0.05, 0) is 44.2 Å². The van der Waals surface area contributed by atoms with E-state index in [1.165, 1.54) is 6.92 Å². The van der Waals surface area contributed by atoms with Crippen molar-refractivity contribution in [3.8, 4) is 0 Å². The third kappa shape index (κ3) is 2.95. The van der Waals surface area contributed by atoms with Crippen molar-refractivity contribution >= 4 is 11.8 Å². The fourth-order valence-electron chi connectivity index (χ4n) is 5.96. The molecular weight excluding hydrogens is 356 g/mol. The summed E-state index contributed by atoms with van der Waals surface area (Å²) in [6.45, 7) is 5.53. The second kappa shape index (κ2) is 5.86. The molecule has 1 spiro atoms. The lowest BCUT2D eigenvalue weighted by atomic mass is 9.53. The number of hydrogen-bond donors (Lipinski definition) is 3. The zero-order valence-corrected chi connectivity index (χ0v) is 16.1. The molecule has 2 bridgehead atoms. The Morgan fingerprint density at radius 2 is 1.67 bits per heavy atom. The Balaban J connectivity index is 1.46. The highest BCUT2D eigenvalue weighted by Gasteiger charge is 2.77. The first kappa shape index (κ1) is 19.1. The van der Waals surface area contributed by atoms with Gasteiger partial charge >= 0.3 is 0 Å². The molecule has 0 aromatic heterocycles. The monoisotopic (exact) mass is 385 g/mol. The van der Waals surface area contributed by atoms with Crippen LogP contribution in [-0.2, 0) is 14.3 Å². The van der Waals surface area contributed by atoms with Gasteiger partial charge in [-0.2, -0.15) is 0 Å². The Morgan fingerprint density at radius 1 is 1.04 bits per heavy atom. The van der Waals surface area contributed by atoms with E-state index in [4.69, 9.17) is 4.74 Å². The van der Waals surface area contributed by atoms with Crippen LogP contribution in [0, 0.1) is 10.8 Å². The number of piperidine rings is 1. The smallest absolute Gasteiger partial charge is 0.249 e. The number of carbonyl (C=O) groups excluding carboxylic acids is 2. The fraction of sp³-hybridized carbons (Fsp3) is 0.895. The van der Waals surface area contributed by atoms with Crippen molar-refractivity contribution in [3.05, 3.63) is 0 Å². The highest BCUT2D eigenvalue weighted by molar-refractivity contribution is 5.87. The minimum atomic E-state index is -2.60. The number of ether oxygens (including phenoxy) is 1. The normalized spacial score (nSPS) is 37.2. The zero-order chi connectivity index (χ0) is 19.6. The second-order valence-corrected chi connectivity index (χ2v) is 9.58. The number of nitrogens with one attached hydrogen (secondary N) is 3. The number of carbonyl (C=O) groups is 2. The van der Waals surface area contributed by atoms with E-state index in [-0.39, 0.29) is 31.2 Å². The summed E-state index contributed by atoms with van der Waals surface area (Å²) in [6, 6.07) is 0. The van der Waals surface area contributed by atoms with Crippen LogP contribution in [0.2, 0.25) is 0 Å². The van der Waals surface area contributed by atoms with Gasteiger partial charge in [-0.1, -0.05) is 6.92 Å². The molecule has 152 valence electrons. The van der Waals surface area contributed by atoms with E-state index in [9.17, 15) is 18.4 Å². The van der Waals surface area contributed by atoms with Crippen LogP contribution in [0.1, 0.15) is 52.4 Å². The van der Waals surface area contributed by atoms with Crippen LogP contribution in [0.3, 0.4) is 0 Å². The summed E-state index contributed by atoms with van der Waals surface area (Å²) in [4.78, 5) is 24.5. The quantitative estimate of drug-likeness (QED) is 0.667. The summed E-state index contributed by atoms with van der Waals surface area (Å²) in [6.07, 6.45) is 2.31. The lowest BCUT2D eigenvalue weighted by Gasteiger charge is -2.49. The van der Waals surface area contributed by atoms with E-state index < -0.39 is 28.0 Å². The lowest BCUT2D eigenvalue weighted by Crippen LogP contribution is -2.63. The maximum absolute atomic E-state index is 13.3. The Kier molecular flexibility index (Phi) is 4.14. The van der Waals surface area contributed by atoms with Gasteiger partial charge in [0.15, 0.2) is 0 Å². The van der Waals surface area contributed by atoms with Crippen molar-refractivity contribution in [1.82, 2.24) is 16.0 Å². The molecule has 0 atom stereocenters. The van der Waals surface area contributed by atoms with Crippen LogP contribution in [0.4, 0.5) is 8.78 Å². The Bertz CT molecular complexity index is 647. The van der Waals surface area contributed by atoms with E-state index in [0.29, 0.717) is 19.4 Å². The molecule has 2 saturated carbocycles. The van der Waals surface area contributed by atoms with E-state index in [2.05, 4.69) is 16.0 Å². The van der Waals surface area contributed by atoms with E-state index in [0.717, 1.165) is 25.9 Å². The Hall–Kier alpha value is -1.28. The molecule has 0 unspecified atom stereocenters. The molecule has 3 saturated heterocycles. The van der Waals surface area contributed by atoms with Gasteiger partial charge in [0.2, 0.25) is 17.7 Å². The molecule has 3 heterocycles. The van der Waals surface area contributed by atoms with Crippen LogP contribution < -0.4 is 16.0 Å². The van der Waals surface area contributed by atoms with Gasteiger partial charge in [0.1, 0.15) is 0 Å². The van der Waals surface area contributed by atoms with E-state index in [1.54, 1.807) is 6.92 Å². The lowest BCUT2D eigenvalue weighted by molar-refractivity contribution is -0.159. The largest absolute Gasteiger partial charge is 0.365 e. The van der Waals surface area contributed by atoms with Gasteiger partial charge in [0, 0.05) is 32.9 Å². The highest BCUT2D eigenvalue weighted by atomic mass is 19.3. The molecule has 0 aromatic rings. The van der Waals surface area contributed by atoms with Gasteiger partial charge in [-0.15, -0.1) is 0 Å². The molecule has 8 heteroatoms. The van der Waals surface area contributed by atoms with Crippen LogP contribution in [0.5, 0.6) is 0 Å². The van der Waals surface area contributed by atoms with Crippen molar-refractivity contribution < 1.29 is 23.1 Å². The molecule has 5 rings (SSSR count). The number of alkyl halides is 2. The molecular formula is C19H29F2N3O3. The van der Waals surface area contributed by atoms with Crippen molar-refractivity contribution in [2.24, 2.45) is 10.8 Å². The first-order valence-electron chi connectivity index (χ1n) is 9.85. The molecule has 3 N–H and O–H groups in total. The van der Waals surface area contributed by atoms with Crippen molar-refractivity contribution in [3.63, 3.8) is 0 Å². The predicted octanol–water partition coefficient (Wildman–Crippen LogP) is 1.35. The van der Waals surface area contributed by atoms with Crippen molar-refractivity contribution in [2.45, 2.75) is 69.5 Å². The summed E-state index contributed by atoms with van der Waals surface area (Å²) >= 11 is 0. The maximum atomic E-state index is 13.3. The maximum Gasteiger partial charge on any atom is 0.249 e. The average molecular weight is 385 g/mol.